The number of alkyl halides is 1. The second-order valence-electron chi connectivity index (χ2n) is 2.26. The van der Waals surface area contributed by atoms with E-state index in [-0.39, 0.29) is 11.6 Å². The van der Waals surface area contributed by atoms with Crippen molar-refractivity contribution in [3.63, 3.8) is 0 Å². The lowest BCUT2D eigenvalue weighted by molar-refractivity contribution is 0.202. The number of phenolic OH excluding ortho intramolecular Hbond substituents is 1. The SMILES string of the molecule is Oc1ccc([C@@H](O)CCl)cc1. The van der Waals surface area contributed by atoms with E-state index in [0.29, 0.717) is 0 Å². The molecule has 1 aromatic carbocycles. The van der Waals surface area contributed by atoms with Crippen LogP contribution in [-0.4, -0.2) is 16.1 Å². The summed E-state index contributed by atoms with van der Waals surface area (Å²) in [6.45, 7) is 0. The molecule has 11 heavy (non-hydrogen) atoms. The van der Waals surface area contributed by atoms with Gasteiger partial charge in [0, 0.05) is 0 Å². The average molecular weight is 173 g/mol. The van der Waals surface area contributed by atoms with Crippen molar-refractivity contribution in [2.24, 2.45) is 0 Å². The number of aliphatic hydroxyl groups is 1. The highest BCUT2D eigenvalue weighted by atomic mass is 35.5. The van der Waals surface area contributed by atoms with E-state index in [1.165, 1.54) is 12.1 Å². The molecule has 0 aromatic heterocycles. The van der Waals surface area contributed by atoms with E-state index in [9.17, 15) is 5.11 Å². The third-order valence-electron chi connectivity index (χ3n) is 1.42. The summed E-state index contributed by atoms with van der Waals surface area (Å²) >= 11 is 5.41. The molecule has 0 aliphatic rings. The van der Waals surface area contributed by atoms with Gasteiger partial charge >= 0.3 is 0 Å². The zero-order valence-electron chi connectivity index (χ0n) is 5.87. The van der Waals surface area contributed by atoms with Gasteiger partial charge in [-0.3, -0.25) is 0 Å². The number of hydrogen-bond acceptors (Lipinski definition) is 2. The van der Waals surface area contributed by atoms with Crippen molar-refractivity contribution in [1.82, 2.24) is 0 Å². The molecule has 0 saturated carbocycles. The van der Waals surface area contributed by atoms with Gasteiger partial charge in [-0.25, -0.2) is 0 Å². The lowest BCUT2D eigenvalue weighted by Gasteiger charge is -2.05. The molecule has 0 fully saturated rings. The molecular formula is C8H9ClO2. The molecule has 0 spiro atoms. The van der Waals surface area contributed by atoms with Crippen LogP contribution >= 0.6 is 11.6 Å². The summed E-state index contributed by atoms with van der Waals surface area (Å²) in [5.41, 5.74) is 0.720. The van der Waals surface area contributed by atoms with Crippen molar-refractivity contribution in [3.05, 3.63) is 29.8 Å². The predicted octanol–water partition coefficient (Wildman–Crippen LogP) is 1.66. The van der Waals surface area contributed by atoms with Gasteiger partial charge in [0.25, 0.3) is 0 Å². The average Bonchev–Trinajstić information content (AvgIpc) is 2.05. The molecule has 3 heteroatoms. The van der Waals surface area contributed by atoms with Crippen molar-refractivity contribution in [1.29, 1.82) is 0 Å². The van der Waals surface area contributed by atoms with E-state index < -0.39 is 6.10 Å². The minimum absolute atomic E-state index is 0.171. The molecule has 0 aliphatic carbocycles. The van der Waals surface area contributed by atoms with Crippen LogP contribution in [0.25, 0.3) is 0 Å². The quantitative estimate of drug-likeness (QED) is 0.667. The fourth-order valence-electron chi connectivity index (χ4n) is 0.786. The number of rotatable bonds is 2. The van der Waals surface area contributed by atoms with E-state index >= 15 is 0 Å². The van der Waals surface area contributed by atoms with Crippen molar-refractivity contribution in [2.75, 3.05) is 5.88 Å². The summed E-state index contributed by atoms with van der Waals surface area (Å²) in [5.74, 6) is 0.362. The van der Waals surface area contributed by atoms with Crippen LogP contribution in [0.15, 0.2) is 24.3 Å². The Morgan fingerprint density at radius 1 is 1.27 bits per heavy atom. The lowest BCUT2D eigenvalue weighted by atomic mass is 10.1. The largest absolute Gasteiger partial charge is 0.508 e. The summed E-state index contributed by atoms with van der Waals surface area (Å²) in [5, 5.41) is 18.1. The molecule has 0 amide bonds. The first kappa shape index (κ1) is 8.37. The summed E-state index contributed by atoms with van der Waals surface area (Å²) in [6.07, 6.45) is -0.641. The van der Waals surface area contributed by atoms with Gasteiger partial charge in [0.1, 0.15) is 5.75 Å². The molecule has 2 N–H and O–H groups in total. The molecule has 60 valence electrons. The highest BCUT2D eigenvalue weighted by molar-refractivity contribution is 6.18. The number of halogens is 1. The Morgan fingerprint density at radius 3 is 2.27 bits per heavy atom. The standard InChI is InChI=1S/C8H9ClO2/c9-5-8(11)6-1-3-7(10)4-2-6/h1-4,8,10-11H,5H2/t8-/m0/s1. The number of aliphatic hydroxyl groups excluding tert-OH is 1. The van der Waals surface area contributed by atoms with Crippen LogP contribution in [-0.2, 0) is 0 Å². The summed E-state index contributed by atoms with van der Waals surface area (Å²) in [7, 11) is 0. The summed E-state index contributed by atoms with van der Waals surface area (Å²) in [4.78, 5) is 0. The Kier molecular flexibility index (Phi) is 2.74. The highest BCUT2D eigenvalue weighted by Crippen LogP contribution is 2.17. The molecule has 0 heterocycles. The topological polar surface area (TPSA) is 40.5 Å². The molecule has 2 nitrogen and oxygen atoms in total. The van der Waals surface area contributed by atoms with Gasteiger partial charge in [0.2, 0.25) is 0 Å². The van der Waals surface area contributed by atoms with Crippen molar-refractivity contribution < 1.29 is 10.2 Å². The van der Waals surface area contributed by atoms with Gasteiger partial charge in [-0.2, -0.15) is 0 Å². The van der Waals surface area contributed by atoms with E-state index in [0.717, 1.165) is 5.56 Å². The molecule has 0 unspecified atom stereocenters. The molecule has 0 aliphatic heterocycles. The van der Waals surface area contributed by atoms with Crippen LogP contribution in [0.5, 0.6) is 5.75 Å². The van der Waals surface area contributed by atoms with Crippen LogP contribution in [0.2, 0.25) is 0 Å². The predicted molar refractivity (Wildman–Crippen MR) is 43.8 cm³/mol. The number of aromatic hydroxyl groups is 1. The molecule has 0 bridgehead atoms. The molecule has 0 saturated heterocycles. The van der Waals surface area contributed by atoms with Crippen molar-refractivity contribution in [2.45, 2.75) is 6.10 Å². The van der Waals surface area contributed by atoms with E-state index in [1.807, 2.05) is 0 Å². The van der Waals surface area contributed by atoms with Crippen molar-refractivity contribution >= 4 is 11.6 Å². The second-order valence-corrected chi connectivity index (χ2v) is 2.57. The number of benzene rings is 1. The van der Waals surface area contributed by atoms with Gasteiger partial charge in [-0.15, -0.1) is 11.6 Å². The first-order valence-corrected chi connectivity index (χ1v) is 3.80. The third kappa shape index (κ3) is 2.10. The van der Waals surface area contributed by atoms with E-state index in [2.05, 4.69) is 0 Å². The fourth-order valence-corrected chi connectivity index (χ4v) is 0.964. The lowest BCUT2D eigenvalue weighted by Crippen LogP contribution is -1.97. The highest BCUT2D eigenvalue weighted by Gasteiger charge is 2.03. The van der Waals surface area contributed by atoms with Gasteiger partial charge < -0.3 is 10.2 Å². The van der Waals surface area contributed by atoms with Crippen LogP contribution in [0.1, 0.15) is 11.7 Å². The third-order valence-corrected chi connectivity index (χ3v) is 1.72. The summed E-state index contributed by atoms with van der Waals surface area (Å²) < 4.78 is 0. The molecule has 1 rings (SSSR count). The number of phenols is 1. The minimum atomic E-state index is -0.641. The second kappa shape index (κ2) is 3.60. The Bertz CT molecular complexity index is 220. The molecule has 0 radical (unpaired) electrons. The number of hydrogen-bond donors (Lipinski definition) is 2. The van der Waals surface area contributed by atoms with Gasteiger partial charge in [0.05, 0.1) is 12.0 Å². The fraction of sp³-hybridized carbons (Fsp3) is 0.250. The van der Waals surface area contributed by atoms with Gasteiger partial charge in [0.15, 0.2) is 0 Å². The van der Waals surface area contributed by atoms with E-state index in [1.54, 1.807) is 12.1 Å². The van der Waals surface area contributed by atoms with Crippen LogP contribution in [0.4, 0.5) is 0 Å². The molecule has 1 atom stereocenters. The zero-order chi connectivity index (χ0) is 8.27. The Balaban J connectivity index is 2.81. The monoisotopic (exact) mass is 172 g/mol. The summed E-state index contributed by atoms with van der Waals surface area (Å²) in [6, 6.07) is 6.32. The Labute approximate surface area is 70.1 Å². The molecular weight excluding hydrogens is 164 g/mol. The maximum Gasteiger partial charge on any atom is 0.115 e. The zero-order valence-corrected chi connectivity index (χ0v) is 6.62. The smallest absolute Gasteiger partial charge is 0.115 e. The van der Waals surface area contributed by atoms with Gasteiger partial charge in [-0.1, -0.05) is 12.1 Å². The minimum Gasteiger partial charge on any atom is -0.508 e. The van der Waals surface area contributed by atoms with E-state index in [4.69, 9.17) is 16.7 Å². The normalized spacial score (nSPS) is 12.9. The van der Waals surface area contributed by atoms with Crippen LogP contribution in [0, 0.1) is 0 Å². The Morgan fingerprint density at radius 2 is 1.82 bits per heavy atom. The van der Waals surface area contributed by atoms with Gasteiger partial charge in [-0.05, 0) is 17.7 Å². The first-order valence-electron chi connectivity index (χ1n) is 3.27. The first-order chi connectivity index (χ1) is 5.24. The maximum atomic E-state index is 9.21. The molecule has 1 aromatic rings. The van der Waals surface area contributed by atoms with Crippen molar-refractivity contribution in [3.8, 4) is 5.75 Å². The maximum absolute atomic E-state index is 9.21. The van der Waals surface area contributed by atoms with Crippen LogP contribution in [0.3, 0.4) is 0 Å². The Hall–Kier alpha value is -0.730. The van der Waals surface area contributed by atoms with Crippen LogP contribution < -0.4 is 0 Å².